The van der Waals surface area contributed by atoms with Gasteiger partial charge in [-0.2, -0.15) is 4.68 Å². The Labute approximate surface area is 152 Å². The Balaban J connectivity index is 1.66. The van der Waals surface area contributed by atoms with Crippen molar-refractivity contribution in [2.75, 3.05) is 19.4 Å². The van der Waals surface area contributed by atoms with Gasteiger partial charge in [-0.1, -0.05) is 6.07 Å². The van der Waals surface area contributed by atoms with E-state index < -0.39 is 11.7 Å². The van der Waals surface area contributed by atoms with E-state index in [2.05, 4.69) is 10.4 Å². The molecule has 2 amide bonds. The van der Waals surface area contributed by atoms with Gasteiger partial charge in [0, 0.05) is 25.3 Å². The molecule has 1 aromatic carbocycles. The standard InChI is InChI=1S/C17H16N4O4S/c1-20(2)16(23)11-5-7-12(8-6-11)18-14(22)10-21-17(24)25-15(19-21)13-4-3-9-26-13/h3-9H,10H2,1-2H3,(H,18,22). The van der Waals surface area contributed by atoms with Gasteiger partial charge >= 0.3 is 5.76 Å². The predicted octanol–water partition coefficient (Wildman–Crippen LogP) is 1.91. The number of hydrogen-bond acceptors (Lipinski definition) is 6. The van der Waals surface area contributed by atoms with Gasteiger partial charge in [-0.25, -0.2) is 4.79 Å². The summed E-state index contributed by atoms with van der Waals surface area (Å²) in [4.78, 5) is 38.0. The third-order valence-corrected chi connectivity index (χ3v) is 4.31. The maximum absolute atomic E-state index is 12.1. The van der Waals surface area contributed by atoms with Crippen LogP contribution in [0.3, 0.4) is 0 Å². The van der Waals surface area contributed by atoms with Crippen LogP contribution in [0.2, 0.25) is 0 Å². The van der Waals surface area contributed by atoms with Crippen molar-refractivity contribution in [2.45, 2.75) is 6.54 Å². The first kappa shape index (κ1) is 17.6. The number of thiophene rings is 1. The average molecular weight is 372 g/mol. The zero-order valence-corrected chi connectivity index (χ0v) is 14.9. The summed E-state index contributed by atoms with van der Waals surface area (Å²) < 4.78 is 6.03. The largest absolute Gasteiger partial charge is 0.437 e. The number of carbonyl (C=O) groups excluding carboxylic acids is 2. The summed E-state index contributed by atoms with van der Waals surface area (Å²) in [5.41, 5.74) is 1.03. The van der Waals surface area contributed by atoms with Crippen LogP contribution in [0, 0.1) is 0 Å². The van der Waals surface area contributed by atoms with Crippen molar-refractivity contribution < 1.29 is 14.0 Å². The molecule has 3 aromatic rings. The van der Waals surface area contributed by atoms with Gasteiger partial charge in [-0.05, 0) is 35.7 Å². The van der Waals surface area contributed by atoms with Crippen LogP contribution in [0.1, 0.15) is 10.4 Å². The van der Waals surface area contributed by atoms with E-state index in [9.17, 15) is 14.4 Å². The first-order valence-electron chi connectivity index (χ1n) is 7.67. The molecule has 0 aliphatic rings. The number of hydrogen-bond donors (Lipinski definition) is 1. The van der Waals surface area contributed by atoms with Crippen molar-refractivity contribution in [2.24, 2.45) is 0 Å². The van der Waals surface area contributed by atoms with Gasteiger partial charge < -0.3 is 14.6 Å². The number of nitrogens with one attached hydrogen (secondary N) is 1. The van der Waals surface area contributed by atoms with E-state index in [1.807, 2.05) is 11.4 Å². The molecule has 134 valence electrons. The summed E-state index contributed by atoms with van der Waals surface area (Å²) in [5, 5.41) is 8.52. The van der Waals surface area contributed by atoms with Gasteiger partial charge in [0.2, 0.25) is 5.91 Å². The predicted molar refractivity (Wildman–Crippen MR) is 97.2 cm³/mol. The lowest BCUT2D eigenvalue weighted by Crippen LogP contribution is -2.26. The summed E-state index contributed by atoms with van der Waals surface area (Å²) in [6, 6.07) is 10.1. The monoisotopic (exact) mass is 372 g/mol. The SMILES string of the molecule is CN(C)C(=O)c1ccc(NC(=O)Cn2nc(-c3cccs3)oc2=O)cc1. The van der Waals surface area contributed by atoms with Crippen molar-refractivity contribution in [3.8, 4) is 10.8 Å². The van der Waals surface area contributed by atoms with Crippen molar-refractivity contribution >= 4 is 28.8 Å². The molecule has 0 bridgehead atoms. The number of anilines is 1. The van der Waals surface area contributed by atoms with Gasteiger partial charge in [0.25, 0.3) is 11.8 Å². The van der Waals surface area contributed by atoms with E-state index in [0.29, 0.717) is 16.1 Å². The van der Waals surface area contributed by atoms with Crippen molar-refractivity contribution in [1.82, 2.24) is 14.7 Å². The molecule has 0 aliphatic carbocycles. The molecule has 0 radical (unpaired) electrons. The molecule has 9 heteroatoms. The second-order valence-corrected chi connectivity index (χ2v) is 6.58. The lowest BCUT2D eigenvalue weighted by molar-refractivity contribution is -0.117. The highest BCUT2D eigenvalue weighted by atomic mass is 32.1. The molecule has 0 saturated carbocycles. The van der Waals surface area contributed by atoms with Crippen LogP contribution < -0.4 is 11.1 Å². The highest BCUT2D eigenvalue weighted by Gasteiger charge is 2.14. The number of benzene rings is 1. The number of aromatic nitrogens is 2. The van der Waals surface area contributed by atoms with E-state index in [1.165, 1.54) is 16.2 Å². The molecule has 26 heavy (non-hydrogen) atoms. The van der Waals surface area contributed by atoms with Crippen LogP contribution in [-0.4, -0.2) is 40.6 Å². The molecule has 8 nitrogen and oxygen atoms in total. The van der Waals surface area contributed by atoms with E-state index in [1.54, 1.807) is 44.4 Å². The first-order valence-corrected chi connectivity index (χ1v) is 8.55. The van der Waals surface area contributed by atoms with Crippen LogP contribution in [0.15, 0.2) is 51.0 Å². The fourth-order valence-corrected chi connectivity index (χ4v) is 2.84. The fraction of sp³-hybridized carbons (Fsp3) is 0.176. The molecule has 0 atom stereocenters. The Bertz CT molecular complexity index is 971. The molecule has 1 N–H and O–H groups in total. The van der Waals surface area contributed by atoms with E-state index in [0.717, 1.165) is 4.68 Å². The Morgan fingerprint density at radius 1 is 1.23 bits per heavy atom. The minimum Gasteiger partial charge on any atom is -0.387 e. The normalized spacial score (nSPS) is 10.5. The summed E-state index contributed by atoms with van der Waals surface area (Å²) in [5.74, 6) is -1.07. The fourth-order valence-electron chi connectivity index (χ4n) is 2.20. The van der Waals surface area contributed by atoms with E-state index in [4.69, 9.17) is 4.42 Å². The molecule has 0 unspecified atom stereocenters. The lowest BCUT2D eigenvalue weighted by atomic mass is 10.2. The zero-order valence-electron chi connectivity index (χ0n) is 14.1. The molecule has 3 rings (SSSR count). The average Bonchev–Trinajstić information content (AvgIpc) is 3.25. The smallest absolute Gasteiger partial charge is 0.387 e. The summed E-state index contributed by atoms with van der Waals surface area (Å²) in [6.45, 7) is -0.272. The van der Waals surface area contributed by atoms with Crippen LogP contribution in [0.25, 0.3) is 10.8 Å². The summed E-state index contributed by atoms with van der Waals surface area (Å²) in [6.07, 6.45) is 0. The van der Waals surface area contributed by atoms with Gasteiger partial charge in [-0.3, -0.25) is 9.59 Å². The van der Waals surface area contributed by atoms with Crippen LogP contribution in [0.4, 0.5) is 5.69 Å². The molecule has 0 spiro atoms. The molecule has 0 saturated heterocycles. The van der Waals surface area contributed by atoms with Gasteiger partial charge in [0.15, 0.2) is 0 Å². The molecular formula is C17H16N4O4S. The topological polar surface area (TPSA) is 97.4 Å². The first-order chi connectivity index (χ1) is 12.4. The number of rotatable bonds is 5. The van der Waals surface area contributed by atoms with Crippen LogP contribution in [-0.2, 0) is 11.3 Å². The number of carbonyl (C=O) groups is 2. The second kappa shape index (κ2) is 7.36. The number of amides is 2. The third-order valence-electron chi connectivity index (χ3n) is 3.45. The lowest BCUT2D eigenvalue weighted by Gasteiger charge is -2.10. The van der Waals surface area contributed by atoms with Crippen LogP contribution in [0.5, 0.6) is 0 Å². The highest BCUT2D eigenvalue weighted by molar-refractivity contribution is 7.13. The maximum atomic E-state index is 12.1. The number of nitrogens with zero attached hydrogens (tertiary/aromatic N) is 3. The quantitative estimate of drug-likeness (QED) is 0.738. The van der Waals surface area contributed by atoms with Gasteiger partial charge in [0.1, 0.15) is 6.54 Å². The van der Waals surface area contributed by atoms with E-state index in [-0.39, 0.29) is 18.3 Å². The zero-order chi connectivity index (χ0) is 18.7. The molecule has 2 aromatic heterocycles. The van der Waals surface area contributed by atoms with Gasteiger partial charge in [-0.15, -0.1) is 16.4 Å². The molecular weight excluding hydrogens is 356 g/mol. The van der Waals surface area contributed by atoms with Crippen molar-refractivity contribution in [1.29, 1.82) is 0 Å². The minimum atomic E-state index is -0.699. The second-order valence-electron chi connectivity index (χ2n) is 5.63. The summed E-state index contributed by atoms with van der Waals surface area (Å²) in [7, 11) is 3.33. The van der Waals surface area contributed by atoms with E-state index >= 15 is 0 Å². The third kappa shape index (κ3) is 3.89. The van der Waals surface area contributed by atoms with Crippen molar-refractivity contribution in [3.05, 3.63) is 57.9 Å². The van der Waals surface area contributed by atoms with Crippen molar-refractivity contribution in [3.63, 3.8) is 0 Å². The maximum Gasteiger partial charge on any atom is 0.437 e. The van der Waals surface area contributed by atoms with Crippen LogP contribution >= 0.6 is 11.3 Å². The molecule has 0 fully saturated rings. The highest BCUT2D eigenvalue weighted by Crippen LogP contribution is 2.21. The Morgan fingerprint density at radius 2 is 1.96 bits per heavy atom. The minimum absolute atomic E-state index is 0.127. The van der Waals surface area contributed by atoms with Gasteiger partial charge in [0.05, 0.1) is 4.88 Å². The summed E-state index contributed by atoms with van der Waals surface area (Å²) >= 11 is 1.39. The molecule has 2 heterocycles. The Morgan fingerprint density at radius 3 is 2.58 bits per heavy atom. The Kier molecular flexibility index (Phi) is 4.99. The Hall–Kier alpha value is -3.20. The molecule has 0 aliphatic heterocycles.